The molecule has 0 amide bonds. The molecule has 2 aromatic heterocycles. The molecule has 3 rings (SSSR count). The van der Waals surface area contributed by atoms with Crippen molar-refractivity contribution in [2.75, 3.05) is 6.54 Å². The zero-order valence-corrected chi connectivity index (χ0v) is 8.87. The first kappa shape index (κ1) is 10.2. The minimum absolute atomic E-state index is 0.164. The van der Waals surface area contributed by atoms with Crippen molar-refractivity contribution in [2.24, 2.45) is 5.73 Å². The smallest absolute Gasteiger partial charge is 0.212 e. The maximum Gasteiger partial charge on any atom is 0.212 e. The van der Waals surface area contributed by atoms with Gasteiger partial charge in [-0.15, -0.1) is 0 Å². The average Bonchev–Trinajstić information content (AvgIpc) is 2.77. The Balaban J connectivity index is 2.32. The highest BCUT2D eigenvalue weighted by molar-refractivity contribution is 5.80. The predicted molar refractivity (Wildman–Crippen MR) is 59.7 cm³/mol. The number of nitrogens with one attached hydrogen (secondary N) is 1. The summed E-state index contributed by atoms with van der Waals surface area (Å²) in [4.78, 5) is 7.10. The molecule has 4 nitrogen and oxygen atoms in total. The highest BCUT2D eigenvalue weighted by Gasteiger charge is 2.12. The number of rotatable bonds is 2. The molecule has 0 spiro atoms. The second kappa shape index (κ2) is 3.53. The molecule has 0 fully saturated rings. The largest absolute Gasteiger partial charge is 0.330 e. The van der Waals surface area contributed by atoms with Gasteiger partial charge in [-0.3, -0.25) is 4.40 Å². The van der Waals surface area contributed by atoms with Crippen molar-refractivity contribution < 1.29 is 8.78 Å². The van der Waals surface area contributed by atoms with Gasteiger partial charge in [0.05, 0.1) is 5.52 Å². The lowest BCUT2D eigenvalue weighted by Gasteiger charge is -1.94. The number of nitrogens with zero attached hydrogens (tertiary/aromatic N) is 2. The van der Waals surface area contributed by atoms with Crippen LogP contribution in [0.5, 0.6) is 0 Å². The molecule has 3 N–H and O–H groups in total. The van der Waals surface area contributed by atoms with E-state index in [0.717, 1.165) is 11.8 Å². The number of aromatic amines is 1. The molecule has 0 radical (unpaired) electrons. The molecule has 2 heterocycles. The number of halogens is 2. The fraction of sp³-hybridized carbons (Fsp3) is 0.182. The van der Waals surface area contributed by atoms with Crippen LogP contribution in [0.1, 0.15) is 5.69 Å². The number of imidazole rings is 2. The molecule has 0 aliphatic rings. The van der Waals surface area contributed by atoms with Gasteiger partial charge < -0.3 is 10.7 Å². The summed E-state index contributed by atoms with van der Waals surface area (Å²) in [6.45, 7) is 0.504. The second-order valence-electron chi connectivity index (χ2n) is 3.88. The topological polar surface area (TPSA) is 59.1 Å². The lowest BCUT2D eigenvalue weighted by molar-refractivity contribution is 0.590. The minimum atomic E-state index is -0.655. The summed E-state index contributed by atoms with van der Waals surface area (Å²) >= 11 is 0. The molecule has 0 aliphatic heterocycles. The van der Waals surface area contributed by atoms with E-state index in [0.29, 0.717) is 24.3 Å². The van der Waals surface area contributed by atoms with Gasteiger partial charge in [0.25, 0.3) is 0 Å². The van der Waals surface area contributed by atoms with Crippen LogP contribution in [0.15, 0.2) is 18.3 Å². The van der Waals surface area contributed by atoms with Crippen LogP contribution in [-0.4, -0.2) is 20.9 Å². The van der Waals surface area contributed by atoms with E-state index in [9.17, 15) is 8.78 Å². The summed E-state index contributed by atoms with van der Waals surface area (Å²) in [7, 11) is 0. The fourth-order valence-corrected chi connectivity index (χ4v) is 1.95. The molecule has 0 saturated carbocycles. The maximum absolute atomic E-state index is 13.5. The van der Waals surface area contributed by atoms with Crippen LogP contribution in [0.2, 0.25) is 0 Å². The molecule has 0 saturated heterocycles. The predicted octanol–water partition coefficient (Wildman–Crippen LogP) is 1.59. The lowest BCUT2D eigenvalue weighted by atomic mass is 10.3. The van der Waals surface area contributed by atoms with Gasteiger partial charge in [0, 0.05) is 30.4 Å². The van der Waals surface area contributed by atoms with Gasteiger partial charge in [-0.05, 0) is 6.54 Å². The van der Waals surface area contributed by atoms with Crippen molar-refractivity contribution in [3.05, 3.63) is 35.7 Å². The van der Waals surface area contributed by atoms with Crippen LogP contribution >= 0.6 is 0 Å². The Hall–Kier alpha value is -1.95. The zero-order valence-electron chi connectivity index (χ0n) is 8.87. The molecule has 3 aromatic rings. The highest BCUT2D eigenvalue weighted by atomic mass is 19.1. The van der Waals surface area contributed by atoms with E-state index in [1.165, 1.54) is 6.07 Å². The summed E-state index contributed by atoms with van der Waals surface area (Å²) in [5, 5.41) is 0. The van der Waals surface area contributed by atoms with Gasteiger partial charge in [0.1, 0.15) is 11.3 Å². The monoisotopic (exact) mass is 236 g/mol. The average molecular weight is 236 g/mol. The fourth-order valence-electron chi connectivity index (χ4n) is 1.95. The van der Waals surface area contributed by atoms with Crippen LogP contribution in [0.25, 0.3) is 16.8 Å². The van der Waals surface area contributed by atoms with Crippen LogP contribution in [-0.2, 0) is 6.42 Å². The molecule has 88 valence electrons. The van der Waals surface area contributed by atoms with E-state index in [-0.39, 0.29) is 5.52 Å². The third-order valence-electron chi connectivity index (χ3n) is 2.68. The van der Waals surface area contributed by atoms with E-state index in [4.69, 9.17) is 5.73 Å². The molecule has 17 heavy (non-hydrogen) atoms. The summed E-state index contributed by atoms with van der Waals surface area (Å²) in [5.41, 5.74) is 6.91. The summed E-state index contributed by atoms with van der Waals surface area (Å²) in [6.07, 6.45) is 2.43. The molecule has 1 aromatic carbocycles. The number of hydrogen-bond acceptors (Lipinski definition) is 2. The van der Waals surface area contributed by atoms with Gasteiger partial charge in [0.2, 0.25) is 5.78 Å². The Morgan fingerprint density at radius 1 is 1.35 bits per heavy atom. The van der Waals surface area contributed by atoms with Crippen LogP contribution in [0.3, 0.4) is 0 Å². The van der Waals surface area contributed by atoms with Crippen molar-refractivity contribution in [3.8, 4) is 0 Å². The van der Waals surface area contributed by atoms with E-state index < -0.39 is 11.6 Å². The first-order valence-electron chi connectivity index (χ1n) is 5.24. The molecule has 0 bridgehead atoms. The lowest BCUT2D eigenvalue weighted by Crippen LogP contribution is -2.02. The van der Waals surface area contributed by atoms with E-state index in [1.54, 1.807) is 10.6 Å². The highest BCUT2D eigenvalue weighted by Crippen LogP contribution is 2.21. The normalized spacial score (nSPS) is 11.7. The van der Waals surface area contributed by atoms with Gasteiger partial charge in [-0.2, -0.15) is 0 Å². The summed E-state index contributed by atoms with van der Waals surface area (Å²) in [5.74, 6) is -0.774. The van der Waals surface area contributed by atoms with Gasteiger partial charge in [0.15, 0.2) is 5.82 Å². The Bertz CT molecular complexity index is 698. The molecule has 0 aliphatic carbocycles. The minimum Gasteiger partial charge on any atom is -0.330 e. The van der Waals surface area contributed by atoms with Gasteiger partial charge >= 0.3 is 0 Å². The number of fused-ring (bicyclic) bond motifs is 3. The Morgan fingerprint density at radius 3 is 2.94 bits per heavy atom. The summed E-state index contributed by atoms with van der Waals surface area (Å²) < 4.78 is 28.2. The third kappa shape index (κ3) is 1.49. The van der Waals surface area contributed by atoms with Gasteiger partial charge in [-0.25, -0.2) is 13.8 Å². The van der Waals surface area contributed by atoms with E-state index >= 15 is 0 Å². The SMILES string of the molecule is NCCc1cn2c(nc3c(F)cc(F)cc32)[nH]1. The number of benzene rings is 1. The van der Waals surface area contributed by atoms with Crippen molar-refractivity contribution in [2.45, 2.75) is 6.42 Å². The number of aromatic nitrogens is 3. The third-order valence-corrected chi connectivity index (χ3v) is 2.68. The van der Waals surface area contributed by atoms with Gasteiger partial charge in [-0.1, -0.05) is 0 Å². The van der Waals surface area contributed by atoms with E-state index in [1.807, 2.05) is 0 Å². The molecule has 6 heteroatoms. The molecule has 0 atom stereocenters. The number of H-pyrrole nitrogens is 1. The van der Waals surface area contributed by atoms with Crippen molar-refractivity contribution in [1.29, 1.82) is 0 Å². The van der Waals surface area contributed by atoms with Crippen LogP contribution in [0.4, 0.5) is 8.78 Å². The van der Waals surface area contributed by atoms with Crippen LogP contribution < -0.4 is 5.73 Å². The Labute approximate surface area is 95.1 Å². The summed E-state index contributed by atoms with van der Waals surface area (Å²) in [6, 6.07) is 2.09. The standard InChI is InChI=1S/C11H10F2N4/c12-6-3-8(13)10-9(4-6)17-5-7(1-2-14)15-11(17)16-10/h3-5H,1-2,14H2,(H,15,16). The number of nitrogens with two attached hydrogens (primary N) is 1. The Kier molecular flexibility index (Phi) is 2.12. The zero-order chi connectivity index (χ0) is 12.0. The Morgan fingerprint density at radius 2 is 2.18 bits per heavy atom. The molecular weight excluding hydrogens is 226 g/mol. The molecule has 0 unspecified atom stereocenters. The van der Waals surface area contributed by atoms with Crippen molar-refractivity contribution in [1.82, 2.24) is 14.4 Å². The van der Waals surface area contributed by atoms with Crippen LogP contribution in [0, 0.1) is 11.6 Å². The molecular formula is C11H10F2N4. The first-order valence-corrected chi connectivity index (χ1v) is 5.24. The quantitative estimate of drug-likeness (QED) is 0.710. The van der Waals surface area contributed by atoms with Crippen molar-refractivity contribution >= 4 is 16.8 Å². The second-order valence-corrected chi connectivity index (χ2v) is 3.88. The first-order chi connectivity index (χ1) is 8.19. The van der Waals surface area contributed by atoms with E-state index in [2.05, 4.69) is 9.97 Å². The maximum atomic E-state index is 13.5. The van der Waals surface area contributed by atoms with Crippen molar-refractivity contribution in [3.63, 3.8) is 0 Å². The number of hydrogen-bond donors (Lipinski definition) is 2.